The fraction of sp³-hybridized carbons (Fsp3) is 0.611. The lowest BCUT2D eigenvalue weighted by Crippen LogP contribution is -2.47. The van der Waals surface area contributed by atoms with Crippen LogP contribution in [-0.2, 0) is 5.41 Å². The van der Waals surface area contributed by atoms with Gasteiger partial charge in [0.25, 0.3) is 0 Å². The fourth-order valence-electron chi connectivity index (χ4n) is 4.16. The van der Waals surface area contributed by atoms with Gasteiger partial charge in [-0.05, 0) is 50.7 Å². The third kappa shape index (κ3) is 2.01. The Hall–Kier alpha value is -1.71. The molecule has 5 rings (SSSR count). The standard InChI is InChI=1S/C18H20N4OS/c19-10-14-6-7-15(24-14)18(8-13(23)9-18)17-21-20-16(11-2-1-3-11)22(17)12-4-5-12/h6-7,11-13,23H,1-5,8-9H2/t13-,18-. The predicted octanol–water partition coefficient (Wildman–Crippen LogP) is 3.25. The summed E-state index contributed by atoms with van der Waals surface area (Å²) in [5, 5.41) is 28.5. The Morgan fingerprint density at radius 2 is 2.00 bits per heavy atom. The summed E-state index contributed by atoms with van der Waals surface area (Å²) in [6, 6.07) is 6.70. The summed E-state index contributed by atoms with van der Waals surface area (Å²) in [6.07, 6.45) is 7.23. The highest BCUT2D eigenvalue weighted by atomic mass is 32.1. The van der Waals surface area contributed by atoms with E-state index in [1.54, 1.807) is 0 Å². The van der Waals surface area contributed by atoms with Gasteiger partial charge in [-0.3, -0.25) is 0 Å². The number of hydrogen-bond acceptors (Lipinski definition) is 5. The van der Waals surface area contributed by atoms with Crippen LogP contribution in [0.25, 0.3) is 0 Å². The van der Waals surface area contributed by atoms with Crippen LogP contribution >= 0.6 is 11.3 Å². The number of thiophene rings is 1. The molecule has 5 nitrogen and oxygen atoms in total. The molecule has 0 spiro atoms. The number of aliphatic hydroxyl groups is 1. The maximum atomic E-state index is 10.1. The number of aliphatic hydroxyl groups excluding tert-OH is 1. The van der Waals surface area contributed by atoms with Crippen LogP contribution in [0.2, 0.25) is 0 Å². The number of nitriles is 1. The first-order valence-corrected chi connectivity index (χ1v) is 9.67. The SMILES string of the molecule is N#Cc1ccc([C@]2(c3nnc(C4CCC4)n3C3CC3)C[C@H](O)C2)s1. The molecule has 0 bridgehead atoms. The average Bonchev–Trinajstić information content (AvgIpc) is 3.07. The van der Waals surface area contributed by atoms with Gasteiger partial charge in [0.2, 0.25) is 0 Å². The molecule has 3 aliphatic carbocycles. The maximum absolute atomic E-state index is 10.1. The van der Waals surface area contributed by atoms with Crippen molar-refractivity contribution in [1.82, 2.24) is 14.8 Å². The Labute approximate surface area is 145 Å². The first-order valence-electron chi connectivity index (χ1n) is 8.85. The van der Waals surface area contributed by atoms with Crippen molar-refractivity contribution < 1.29 is 5.11 Å². The monoisotopic (exact) mass is 340 g/mol. The second-order valence-corrected chi connectivity index (χ2v) is 8.61. The molecule has 2 aromatic rings. The van der Waals surface area contributed by atoms with E-state index in [9.17, 15) is 10.4 Å². The van der Waals surface area contributed by atoms with Crippen molar-refractivity contribution in [2.45, 2.75) is 68.4 Å². The Kier molecular flexibility index (Phi) is 3.13. The highest BCUT2D eigenvalue weighted by molar-refractivity contribution is 7.12. The van der Waals surface area contributed by atoms with Crippen LogP contribution in [-0.4, -0.2) is 26.0 Å². The summed E-state index contributed by atoms with van der Waals surface area (Å²) in [6.45, 7) is 0. The smallest absolute Gasteiger partial charge is 0.145 e. The molecule has 3 saturated carbocycles. The molecule has 0 unspecified atom stereocenters. The van der Waals surface area contributed by atoms with E-state index < -0.39 is 0 Å². The van der Waals surface area contributed by atoms with Gasteiger partial charge in [0.1, 0.15) is 22.6 Å². The predicted molar refractivity (Wildman–Crippen MR) is 89.9 cm³/mol. The summed E-state index contributed by atoms with van der Waals surface area (Å²) in [5.74, 6) is 2.76. The summed E-state index contributed by atoms with van der Waals surface area (Å²) in [5.41, 5.74) is -0.253. The molecular weight excluding hydrogens is 320 g/mol. The lowest BCUT2D eigenvalue weighted by molar-refractivity contribution is 0.0333. The van der Waals surface area contributed by atoms with Crippen molar-refractivity contribution in [2.24, 2.45) is 0 Å². The van der Waals surface area contributed by atoms with Crippen molar-refractivity contribution in [3.05, 3.63) is 33.5 Å². The molecule has 2 heterocycles. The molecule has 2 aromatic heterocycles. The largest absolute Gasteiger partial charge is 0.393 e. The molecule has 0 radical (unpaired) electrons. The van der Waals surface area contributed by atoms with Gasteiger partial charge in [-0.15, -0.1) is 21.5 Å². The third-order valence-corrected chi connectivity index (χ3v) is 7.08. The summed E-state index contributed by atoms with van der Waals surface area (Å²) in [4.78, 5) is 1.88. The molecule has 124 valence electrons. The fourth-order valence-corrected chi connectivity index (χ4v) is 5.17. The van der Waals surface area contributed by atoms with E-state index in [2.05, 4.69) is 20.8 Å². The van der Waals surface area contributed by atoms with E-state index in [0.717, 1.165) is 21.4 Å². The average molecular weight is 340 g/mol. The van der Waals surface area contributed by atoms with Crippen LogP contribution in [0.3, 0.4) is 0 Å². The van der Waals surface area contributed by atoms with Crippen LogP contribution < -0.4 is 0 Å². The molecule has 0 amide bonds. The Balaban J connectivity index is 1.62. The van der Waals surface area contributed by atoms with Gasteiger partial charge in [0.15, 0.2) is 0 Å². The molecule has 1 N–H and O–H groups in total. The van der Waals surface area contributed by atoms with Gasteiger partial charge in [0.05, 0.1) is 11.5 Å². The number of hydrogen-bond donors (Lipinski definition) is 1. The van der Waals surface area contributed by atoms with E-state index in [0.29, 0.717) is 24.8 Å². The van der Waals surface area contributed by atoms with Crippen molar-refractivity contribution >= 4 is 11.3 Å². The van der Waals surface area contributed by atoms with Crippen molar-refractivity contribution in [3.63, 3.8) is 0 Å². The molecule has 3 aliphatic rings. The summed E-state index contributed by atoms with van der Waals surface area (Å²) < 4.78 is 2.40. The third-order valence-electron chi connectivity index (χ3n) is 5.89. The molecule has 0 aromatic carbocycles. The minimum absolute atomic E-state index is 0.253. The molecule has 0 saturated heterocycles. The highest BCUT2D eigenvalue weighted by Gasteiger charge is 2.52. The Morgan fingerprint density at radius 1 is 1.21 bits per heavy atom. The van der Waals surface area contributed by atoms with E-state index in [-0.39, 0.29) is 11.5 Å². The highest BCUT2D eigenvalue weighted by Crippen LogP contribution is 2.53. The Bertz CT molecular complexity index is 818. The van der Waals surface area contributed by atoms with Gasteiger partial charge in [-0.2, -0.15) is 5.26 Å². The second kappa shape index (κ2) is 5.14. The zero-order chi connectivity index (χ0) is 16.3. The van der Waals surface area contributed by atoms with Gasteiger partial charge in [-0.1, -0.05) is 6.42 Å². The van der Waals surface area contributed by atoms with Crippen molar-refractivity contribution in [2.75, 3.05) is 0 Å². The normalized spacial score (nSPS) is 29.8. The van der Waals surface area contributed by atoms with Gasteiger partial charge in [0, 0.05) is 16.8 Å². The summed E-state index contributed by atoms with van der Waals surface area (Å²) >= 11 is 1.54. The molecule has 0 atom stereocenters. The topological polar surface area (TPSA) is 74.7 Å². The molecule has 24 heavy (non-hydrogen) atoms. The lowest BCUT2D eigenvalue weighted by atomic mass is 9.65. The van der Waals surface area contributed by atoms with Crippen molar-refractivity contribution in [1.29, 1.82) is 5.26 Å². The minimum Gasteiger partial charge on any atom is -0.393 e. The van der Waals surface area contributed by atoms with E-state index in [1.165, 1.54) is 43.4 Å². The first kappa shape index (κ1) is 14.6. The van der Waals surface area contributed by atoms with Crippen molar-refractivity contribution in [3.8, 4) is 6.07 Å². The number of nitrogens with zero attached hydrogens (tertiary/aromatic N) is 4. The van der Waals surface area contributed by atoms with Crippen LogP contribution in [0.4, 0.5) is 0 Å². The van der Waals surface area contributed by atoms with Gasteiger partial charge < -0.3 is 9.67 Å². The maximum Gasteiger partial charge on any atom is 0.145 e. The molecule has 0 aliphatic heterocycles. The van der Waals surface area contributed by atoms with E-state index in [1.807, 2.05) is 12.1 Å². The quantitative estimate of drug-likeness (QED) is 0.927. The van der Waals surface area contributed by atoms with E-state index >= 15 is 0 Å². The second-order valence-electron chi connectivity index (χ2n) is 7.53. The molecule has 3 fully saturated rings. The van der Waals surface area contributed by atoms with Gasteiger partial charge >= 0.3 is 0 Å². The minimum atomic E-state index is -0.283. The van der Waals surface area contributed by atoms with Crippen LogP contribution in [0.5, 0.6) is 0 Å². The number of aromatic nitrogens is 3. The van der Waals surface area contributed by atoms with Crippen LogP contribution in [0, 0.1) is 11.3 Å². The zero-order valence-electron chi connectivity index (χ0n) is 13.5. The Morgan fingerprint density at radius 3 is 2.54 bits per heavy atom. The molecular formula is C18H20N4OS. The van der Waals surface area contributed by atoms with Crippen LogP contribution in [0.1, 0.15) is 78.3 Å². The summed E-state index contributed by atoms with van der Waals surface area (Å²) in [7, 11) is 0. The first-order chi connectivity index (χ1) is 11.7. The zero-order valence-corrected chi connectivity index (χ0v) is 14.3. The van der Waals surface area contributed by atoms with Crippen LogP contribution in [0.15, 0.2) is 12.1 Å². The van der Waals surface area contributed by atoms with E-state index in [4.69, 9.17) is 0 Å². The molecule has 6 heteroatoms. The van der Waals surface area contributed by atoms with Gasteiger partial charge in [-0.25, -0.2) is 0 Å². The lowest BCUT2D eigenvalue weighted by Gasteiger charge is -2.44. The number of rotatable bonds is 4.